The van der Waals surface area contributed by atoms with E-state index in [0.717, 1.165) is 0 Å². The molecule has 0 aliphatic heterocycles. The molecule has 2 aromatic rings. The fraction of sp³-hybridized carbons (Fsp3) is 0.167. The second-order valence-electron chi connectivity index (χ2n) is 4.53. The standard InChI is InChI=1S/C12H10N4O8/c17-9(18)5-6(10(19)20)14-3(13-5)1-2-4-15-7(11(21)22)8(16-4)12(23)24/h1-2H2,(H,13,14)(H,15,16)(H,17,18)(H,19,20)(H,21,22)(H,23,24). The van der Waals surface area contributed by atoms with Gasteiger partial charge in [0.2, 0.25) is 0 Å². The molecule has 12 nitrogen and oxygen atoms in total. The Morgan fingerprint density at radius 1 is 0.667 bits per heavy atom. The van der Waals surface area contributed by atoms with Crippen LogP contribution in [0.25, 0.3) is 0 Å². The third-order valence-corrected chi connectivity index (χ3v) is 2.94. The molecule has 2 heterocycles. The molecule has 0 amide bonds. The van der Waals surface area contributed by atoms with Gasteiger partial charge in [-0.15, -0.1) is 0 Å². The summed E-state index contributed by atoms with van der Waals surface area (Å²) in [7, 11) is 0. The van der Waals surface area contributed by atoms with Gasteiger partial charge in [0.1, 0.15) is 11.6 Å². The van der Waals surface area contributed by atoms with Gasteiger partial charge in [-0.1, -0.05) is 0 Å². The molecule has 0 atom stereocenters. The number of H-pyrrole nitrogens is 2. The number of aromatic carboxylic acids is 4. The van der Waals surface area contributed by atoms with Crippen LogP contribution in [0.2, 0.25) is 0 Å². The van der Waals surface area contributed by atoms with E-state index < -0.39 is 46.7 Å². The van der Waals surface area contributed by atoms with Gasteiger partial charge in [0.25, 0.3) is 0 Å². The SMILES string of the molecule is O=C(O)c1nc(CCc2nc(C(=O)O)c(C(=O)O)[nH]2)[nH]c1C(=O)O. The van der Waals surface area contributed by atoms with E-state index in [9.17, 15) is 19.2 Å². The van der Waals surface area contributed by atoms with Gasteiger partial charge in [-0.25, -0.2) is 29.1 Å². The number of hydrogen-bond donors (Lipinski definition) is 6. The van der Waals surface area contributed by atoms with Gasteiger partial charge in [0.15, 0.2) is 22.8 Å². The van der Waals surface area contributed by atoms with Crippen LogP contribution < -0.4 is 0 Å². The van der Waals surface area contributed by atoms with Crippen LogP contribution in [0, 0.1) is 0 Å². The lowest BCUT2D eigenvalue weighted by Gasteiger charge is -1.94. The molecule has 0 saturated heterocycles. The van der Waals surface area contributed by atoms with Crippen molar-refractivity contribution in [1.82, 2.24) is 19.9 Å². The van der Waals surface area contributed by atoms with Crippen molar-refractivity contribution in [2.45, 2.75) is 12.8 Å². The molecule has 0 aliphatic rings. The molecule has 126 valence electrons. The molecule has 2 aromatic heterocycles. The largest absolute Gasteiger partial charge is 0.477 e. The molecule has 12 heteroatoms. The lowest BCUT2D eigenvalue weighted by molar-refractivity contribution is 0.0644. The first-order valence-electron chi connectivity index (χ1n) is 6.31. The van der Waals surface area contributed by atoms with Crippen molar-refractivity contribution in [3.63, 3.8) is 0 Å². The van der Waals surface area contributed by atoms with Crippen molar-refractivity contribution in [3.05, 3.63) is 34.4 Å². The Morgan fingerprint density at radius 3 is 1.21 bits per heavy atom. The Morgan fingerprint density at radius 2 is 1.00 bits per heavy atom. The van der Waals surface area contributed by atoms with Crippen LogP contribution in [0.15, 0.2) is 0 Å². The summed E-state index contributed by atoms with van der Waals surface area (Å²) in [4.78, 5) is 55.6. The van der Waals surface area contributed by atoms with Crippen LogP contribution in [0.5, 0.6) is 0 Å². The molecule has 0 aromatic carbocycles. The summed E-state index contributed by atoms with van der Waals surface area (Å²) in [5, 5.41) is 35.5. The average Bonchev–Trinajstić information content (AvgIpc) is 3.09. The molecule has 0 bridgehead atoms. The van der Waals surface area contributed by atoms with E-state index in [-0.39, 0.29) is 24.5 Å². The van der Waals surface area contributed by atoms with E-state index in [1.807, 2.05) is 0 Å². The number of aryl methyl sites for hydroxylation is 2. The Hall–Kier alpha value is -3.70. The monoisotopic (exact) mass is 338 g/mol. The summed E-state index contributed by atoms with van der Waals surface area (Å²) in [6, 6.07) is 0. The summed E-state index contributed by atoms with van der Waals surface area (Å²) >= 11 is 0. The summed E-state index contributed by atoms with van der Waals surface area (Å²) < 4.78 is 0. The number of nitrogens with zero attached hydrogens (tertiary/aromatic N) is 2. The first-order valence-corrected chi connectivity index (χ1v) is 6.31. The molecule has 0 saturated carbocycles. The number of carbonyl (C=O) groups is 4. The molecular formula is C12H10N4O8. The minimum Gasteiger partial charge on any atom is -0.477 e. The highest BCUT2D eigenvalue weighted by atomic mass is 16.4. The highest BCUT2D eigenvalue weighted by molar-refractivity contribution is 5.99. The summed E-state index contributed by atoms with van der Waals surface area (Å²) in [6.07, 6.45) is -0.0294. The van der Waals surface area contributed by atoms with Gasteiger partial charge in [-0.2, -0.15) is 0 Å². The number of carboxylic acid groups (broad SMARTS) is 4. The topological polar surface area (TPSA) is 207 Å². The van der Waals surface area contributed by atoms with Crippen molar-refractivity contribution in [3.8, 4) is 0 Å². The number of aromatic nitrogens is 4. The lowest BCUT2D eigenvalue weighted by Crippen LogP contribution is -2.07. The predicted octanol–water partition coefficient (Wildman–Crippen LogP) is -0.289. The maximum Gasteiger partial charge on any atom is 0.357 e. The van der Waals surface area contributed by atoms with E-state index in [1.54, 1.807) is 0 Å². The normalized spacial score (nSPS) is 10.5. The molecule has 24 heavy (non-hydrogen) atoms. The minimum atomic E-state index is -1.52. The van der Waals surface area contributed by atoms with Crippen LogP contribution in [-0.4, -0.2) is 64.2 Å². The van der Waals surface area contributed by atoms with Gasteiger partial charge >= 0.3 is 23.9 Å². The number of carboxylic acids is 4. The minimum absolute atomic E-state index is 0.0147. The van der Waals surface area contributed by atoms with Crippen molar-refractivity contribution in [2.24, 2.45) is 0 Å². The molecule has 6 N–H and O–H groups in total. The smallest absolute Gasteiger partial charge is 0.357 e. The van der Waals surface area contributed by atoms with Crippen LogP contribution in [-0.2, 0) is 12.8 Å². The Bertz CT molecular complexity index is 716. The molecule has 0 radical (unpaired) electrons. The van der Waals surface area contributed by atoms with Crippen LogP contribution in [0.3, 0.4) is 0 Å². The van der Waals surface area contributed by atoms with E-state index >= 15 is 0 Å². The second-order valence-corrected chi connectivity index (χ2v) is 4.53. The van der Waals surface area contributed by atoms with Crippen molar-refractivity contribution in [1.29, 1.82) is 0 Å². The molecule has 0 fully saturated rings. The van der Waals surface area contributed by atoms with Crippen LogP contribution >= 0.6 is 0 Å². The van der Waals surface area contributed by atoms with E-state index in [0.29, 0.717) is 0 Å². The highest BCUT2D eigenvalue weighted by Gasteiger charge is 2.24. The molecule has 2 rings (SSSR count). The fourth-order valence-electron chi connectivity index (χ4n) is 1.94. The number of rotatable bonds is 7. The highest BCUT2D eigenvalue weighted by Crippen LogP contribution is 2.11. The number of aromatic amines is 2. The third-order valence-electron chi connectivity index (χ3n) is 2.94. The first-order chi connectivity index (χ1) is 11.2. The quantitative estimate of drug-likeness (QED) is 0.388. The molecule has 0 spiro atoms. The fourth-order valence-corrected chi connectivity index (χ4v) is 1.94. The summed E-state index contributed by atoms with van der Waals surface area (Å²) in [5.74, 6) is -5.98. The van der Waals surface area contributed by atoms with Gasteiger partial charge in [0, 0.05) is 12.8 Å². The van der Waals surface area contributed by atoms with Crippen LogP contribution in [0.4, 0.5) is 0 Å². The van der Waals surface area contributed by atoms with Gasteiger partial charge < -0.3 is 30.4 Å². The Labute approximate surface area is 131 Å². The van der Waals surface area contributed by atoms with Gasteiger partial charge in [-0.05, 0) is 0 Å². The maximum atomic E-state index is 10.9. The van der Waals surface area contributed by atoms with Crippen molar-refractivity contribution < 1.29 is 39.6 Å². The summed E-state index contributed by atoms with van der Waals surface area (Å²) in [5.41, 5.74) is -2.49. The molecular weight excluding hydrogens is 328 g/mol. The number of nitrogens with one attached hydrogen (secondary N) is 2. The zero-order valence-electron chi connectivity index (χ0n) is 11.7. The lowest BCUT2D eigenvalue weighted by atomic mass is 10.3. The van der Waals surface area contributed by atoms with Gasteiger partial charge in [-0.3, -0.25) is 0 Å². The first kappa shape index (κ1) is 16.7. The zero-order chi connectivity index (χ0) is 18.0. The van der Waals surface area contributed by atoms with Gasteiger partial charge in [0.05, 0.1) is 0 Å². The van der Waals surface area contributed by atoms with Crippen molar-refractivity contribution >= 4 is 23.9 Å². The molecule has 0 aliphatic carbocycles. The van der Waals surface area contributed by atoms with E-state index in [2.05, 4.69) is 19.9 Å². The van der Waals surface area contributed by atoms with E-state index in [1.165, 1.54) is 0 Å². The zero-order valence-corrected chi connectivity index (χ0v) is 11.7. The number of imidazole rings is 2. The summed E-state index contributed by atoms with van der Waals surface area (Å²) in [6.45, 7) is 0. The predicted molar refractivity (Wildman–Crippen MR) is 72.4 cm³/mol. The Balaban J connectivity index is 2.23. The average molecular weight is 338 g/mol. The van der Waals surface area contributed by atoms with Crippen molar-refractivity contribution in [2.75, 3.05) is 0 Å². The third kappa shape index (κ3) is 3.21. The molecule has 0 unspecified atom stereocenters. The number of hydrogen-bond acceptors (Lipinski definition) is 6. The second kappa shape index (κ2) is 6.20. The van der Waals surface area contributed by atoms with Crippen LogP contribution in [0.1, 0.15) is 53.6 Å². The Kier molecular flexibility index (Phi) is 4.30. The van der Waals surface area contributed by atoms with E-state index in [4.69, 9.17) is 20.4 Å². The maximum absolute atomic E-state index is 10.9.